The van der Waals surface area contributed by atoms with Gasteiger partial charge in [0.1, 0.15) is 0 Å². The number of anilines is 1. The average molecular weight is 220 g/mol. The van der Waals surface area contributed by atoms with Crippen molar-refractivity contribution in [3.05, 3.63) is 29.8 Å². The van der Waals surface area contributed by atoms with Gasteiger partial charge in [-0.15, -0.1) is 0 Å². The summed E-state index contributed by atoms with van der Waals surface area (Å²) in [6, 6.07) is 6.85. The van der Waals surface area contributed by atoms with Crippen LogP contribution in [-0.4, -0.2) is 34.6 Å². The van der Waals surface area contributed by atoms with Gasteiger partial charge in [0.05, 0.1) is 5.60 Å². The summed E-state index contributed by atoms with van der Waals surface area (Å²) in [5, 5.41) is 9.79. The van der Waals surface area contributed by atoms with Gasteiger partial charge >= 0.3 is 0 Å². The van der Waals surface area contributed by atoms with Gasteiger partial charge in [0.25, 0.3) is 5.91 Å². The van der Waals surface area contributed by atoms with Gasteiger partial charge < -0.3 is 15.7 Å². The maximum atomic E-state index is 12.0. The lowest BCUT2D eigenvalue weighted by atomic mass is 10.1. The van der Waals surface area contributed by atoms with E-state index in [0.717, 1.165) is 0 Å². The Morgan fingerprint density at radius 3 is 2.56 bits per heavy atom. The van der Waals surface area contributed by atoms with Crippen molar-refractivity contribution in [3.8, 4) is 0 Å². The van der Waals surface area contributed by atoms with Crippen molar-refractivity contribution in [1.82, 2.24) is 4.90 Å². The number of β-amino-alcohol motifs (C(OH)–C–C–N with tert-alkyl or cyclic N) is 1. The lowest BCUT2D eigenvalue weighted by Gasteiger charge is -2.19. The molecule has 1 saturated heterocycles. The largest absolute Gasteiger partial charge is 0.399 e. The maximum Gasteiger partial charge on any atom is 0.253 e. The minimum Gasteiger partial charge on any atom is -0.399 e. The SMILES string of the molecule is CC1(O)CCN(C(=O)c2ccc(N)cc2)C1. The lowest BCUT2D eigenvalue weighted by molar-refractivity contribution is 0.0572. The fraction of sp³-hybridized carbons (Fsp3) is 0.417. The molecular weight excluding hydrogens is 204 g/mol. The molecule has 1 atom stereocenters. The second kappa shape index (κ2) is 3.79. The molecule has 0 bridgehead atoms. The summed E-state index contributed by atoms with van der Waals surface area (Å²) < 4.78 is 0. The summed E-state index contributed by atoms with van der Waals surface area (Å²) in [6.07, 6.45) is 0.633. The van der Waals surface area contributed by atoms with E-state index in [0.29, 0.717) is 30.8 Å². The number of hydrogen-bond acceptors (Lipinski definition) is 3. The number of carbonyl (C=O) groups excluding carboxylic acids is 1. The number of likely N-dealkylation sites (tertiary alicyclic amines) is 1. The van der Waals surface area contributed by atoms with Crippen molar-refractivity contribution in [2.75, 3.05) is 18.8 Å². The summed E-state index contributed by atoms with van der Waals surface area (Å²) in [7, 11) is 0. The summed E-state index contributed by atoms with van der Waals surface area (Å²) in [5.41, 5.74) is 6.07. The number of nitrogens with two attached hydrogens (primary N) is 1. The van der Waals surface area contributed by atoms with Gasteiger partial charge in [-0.25, -0.2) is 0 Å². The molecule has 1 amide bonds. The van der Waals surface area contributed by atoms with Gasteiger partial charge in [0.2, 0.25) is 0 Å². The zero-order chi connectivity index (χ0) is 11.8. The van der Waals surface area contributed by atoms with Crippen LogP contribution in [-0.2, 0) is 0 Å². The number of nitrogen functional groups attached to an aromatic ring is 1. The molecule has 1 aromatic carbocycles. The molecule has 0 spiro atoms. The number of aliphatic hydroxyl groups is 1. The summed E-state index contributed by atoms with van der Waals surface area (Å²) in [4.78, 5) is 13.7. The van der Waals surface area contributed by atoms with E-state index in [-0.39, 0.29) is 5.91 Å². The highest BCUT2D eigenvalue weighted by Crippen LogP contribution is 2.22. The topological polar surface area (TPSA) is 66.6 Å². The van der Waals surface area contributed by atoms with E-state index in [1.54, 1.807) is 36.1 Å². The van der Waals surface area contributed by atoms with E-state index in [1.165, 1.54) is 0 Å². The molecule has 1 fully saturated rings. The van der Waals surface area contributed by atoms with E-state index in [4.69, 9.17) is 5.73 Å². The van der Waals surface area contributed by atoms with Crippen LogP contribution in [0.2, 0.25) is 0 Å². The molecule has 2 rings (SSSR count). The fourth-order valence-electron chi connectivity index (χ4n) is 1.93. The van der Waals surface area contributed by atoms with Gasteiger partial charge in [-0.1, -0.05) is 0 Å². The molecule has 1 aliphatic rings. The Morgan fingerprint density at radius 1 is 1.44 bits per heavy atom. The minimum atomic E-state index is -0.747. The summed E-state index contributed by atoms with van der Waals surface area (Å²) in [6.45, 7) is 2.76. The predicted molar refractivity (Wildman–Crippen MR) is 62.0 cm³/mol. The van der Waals surface area contributed by atoms with E-state index in [1.807, 2.05) is 0 Å². The number of hydrogen-bond donors (Lipinski definition) is 2. The maximum absolute atomic E-state index is 12.0. The molecule has 0 saturated carbocycles. The van der Waals surface area contributed by atoms with Gasteiger partial charge in [-0.2, -0.15) is 0 Å². The number of rotatable bonds is 1. The summed E-state index contributed by atoms with van der Waals surface area (Å²) >= 11 is 0. The van der Waals surface area contributed by atoms with Crippen LogP contribution in [0.3, 0.4) is 0 Å². The van der Waals surface area contributed by atoms with Crippen molar-refractivity contribution in [3.63, 3.8) is 0 Å². The summed E-state index contributed by atoms with van der Waals surface area (Å²) in [5.74, 6) is -0.0437. The first kappa shape index (κ1) is 11.0. The van der Waals surface area contributed by atoms with Gasteiger partial charge in [-0.05, 0) is 37.6 Å². The quantitative estimate of drug-likeness (QED) is 0.690. The van der Waals surface area contributed by atoms with E-state index < -0.39 is 5.60 Å². The van der Waals surface area contributed by atoms with Crippen LogP contribution in [0.1, 0.15) is 23.7 Å². The molecule has 0 aliphatic carbocycles. The van der Waals surface area contributed by atoms with Crippen LogP contribution >= 0.6 is 0 Å². The molecule has 3 N–H and O–H groups in total. The van der Waals surface area contributed by atoms with Crippen LogP contribution in [0.4, 0.5) is 5.69 Å². The Morgan fingerprint density at radius 2 is 2.06 bits per heavy atom. The van der Waals surface area contributed by atoms with Gasteiger partial charge in [0, 0.05) is 24.3 Å². The average Bonchev–Trinajstić information content (AvgIpc) is 2.59. The second-order valence-corrected chi connectivity index (χ2v) is 4.60. The van der Waals surface area contributed by atoms with Crippen molar-refractivity contribution >= 4 is 11.6 Å². The molecule has 86 valence electrons. The molecular formula is C12H16N2O2. The first-order valence-electron chi connectivity index (χ1n) is 5.35. The smallest absolute Gasteiger partial charge is 0.253 e. The highest BCUT2D eigenvalue weighted by atomic mass is 16.3. The molecule has 1 unspecified atom stereocenters. The van der Waals surface area contributed by atoms with Crippen LogP contribution in [0.5, 0.6) is 0 Å². The molecule has 1 aromatic rings. The third-order valence-corrected chi connectivity index (χ3v) is 2.90. The lowest BCUT2D eigenvalue weighted by Crippen LogP contribution is -2.33. The van der Waals surface area contributed by atoms with E-state index in [9.17, 15) is 9.90 Å². The minimum absolute atomic E-state index is 0.0437. The molecule has 0 aromatic heterocycles. The first-order valence-corrected chi connectivity index (χ1v) is 5.35. The van der Waals surface area contributed by atoms with Crippen LogP contribution < -0.4 is 5.73 Å². The van der Waals surface area contributed by atoms with E-state index >= 15 is 0 Å². The zero-order valence-electron chi connectivity index (χ0n) is 9.31. The monoisotopic (exact) mass is 220 g/mol. The van der Waals surface area contributed by atoms with Crippen LogP contribution in [0.15, 0.2) is 24.3 Å². The van der Waals surface area contributed by atoms with Gasteiger partial charge in [0.15, 0.2) is 0 Å². The van der Waals surface area contributed by atoms with Gasteiger partial charge in [-0.3, -0.25) is 4.79 Å². The normalized spacial score (nSPS) is 24.8. The molecule has 0 radical (unpaired) electrons. The van der Waals surface area contributed by atoms with Crippen LogP contribution in [0, 0.1) is 0 Å². The third kappa shape index (κ3) is 2.17. The second-order valence-electron chi connectivity index (χ2n) is 4.60. The predicted octanol–water partition coefficient (Wildman–Crippen LogP) is 0.866. The first-order chi connectivity index (χ1) is 7.48. The number of carbonyl (C=O) groups is 1. The van der Waals surface area contributed by atoms with Crippen molar-refractivity contribution in [2.45, 2.75) is 18.9 Å². The Labute approximate surface area is 94.7 Å². The number of amides is 1. The van der Waals surface area contributed by atoms with Crippen LogP contribution in [0.25, 0.3) is 0 Å². The molecule has 1 heterocycles. The molecule has 4 nitrogen and oxygen atoms in total. The Kier molecular flexibility index (Phi) is 2.59. The highest BCUT2D eigenvalue weighted by molar-refractivity contribution is 5.94. The number of benzene rings is 1. The van der Waals surface area contributed by atoms with Crippen molar-refractivity contribution < 1.29 is 9.90 Å². The third-order valence-electron chi connectivity index (χ3n) is 2.90. The Bertz CT molecular complexity index is 398. The van der Waals surface area contributed by atoms with Crippen molar-refractivity contribution in [2.24, 2.45) is 0 Å². The Balaban J connectivity index is 2.12. The fourth-order valence-corrected chi connectivity index (χ4v) is 1.93. The molecule has 16 heavy (non-hydrogen) atoms. The Hall–Kier alpha value is -1.55. The zero-order valence-corrected chi connectivity index (χ0v) is 9.31. The highest BCUT2D eigenvalue weighted by Gasteiger charge is 2.34. The van der Waals surface area contributed by atoms with E-state index in [2.05, 4.69) is 0 Å². The molecule has 4 heteroatoms. The standard InChI is InChI=1S/C12H16N2O2/c1-12(16)6-7-14(8-12)11(15)9-2-4-10(13)5-3-9/h2-5,16H,6-8,13H2,1H3. The van der Waals surface area contributed by atoms with Crippen molar-refractivity contribution in [1.29, 1.82) is 0 Å². The molecule has 1 aliphatic heterocycles. The number of nitrogens with zero attached hydrogens (tertiary/aromatic N) is 1.